The van der Waals surface area contributed by atoms with Crippen molar-refractivity contribution in [2.45, 2.75) is 24.7 Å². The summed E-state index contributed by atoms with van der Waals surface area (Å²) in [6, 6.07) is 73.9. The van der Waals surface area contributed by atoms with Crippen LogP contribution in [0.5, 0.6) is 0 Å². The van der Waals surface area contributed by atoms with Crippen LogP contribution in [0.3, 0.4) is 0 Å². The standard InChI is InChI=1S/C52H39N/c1-51(2)44-25-11-13-27-46(44)52(47-28-14-12-26-45(47)51)43-24-10-9-23-42(43)50-48(52)29-16-30-49(50)53(40-33-31-38(32-34-40)36-17-5-3-6-18-36)41-22-15-21-39(35-41)37-19-7-4-8-20-37/h3-35H,1-2H3. The number of hydrogen-bond acceptors (Lipinski definition) is 1. The molecule has 8 aromatic carbocycles. The molecule has 0 atom stereocenters. The van der Waals surface area contributed by atoms with E-state index in [0.29, 0.717) is 0 Å². The molecule has 252 valence electrons. The lowest BCUT2D eigenvalue weighted by atomic mass is 9.55. The molecule has 0 heterocycles. The van der Waals surface area contributed by atoms with E-state index in [1.807, 2.05) is 0 Å². The van der Waals surface area contributed by atoms with Gasteiger partial charge in [-0.05, 0) is 91.5 Å². The second-order valence-corrected chi connectivity index (χ2v) is 14.9. The summed E-state index contributed by atoms with van der Waals surface area (Å²) in [5.41, 5.74) is 18.4. The van der Waals surface area contributed by atoms with Crippen LogP contribution in [-0.2, 0) is 10.8 Å². The van der Waals surface area contributed by atoms with Gasteiger partial charge in [0.1, 0.15) is 0 Å². The first kappa shape index (κ1) is 31.3. The Hall–Kier alpha value is -6.44. The molecule has 1 nitrogen and oxygen atoms in total. The van der Waals surface area contributed by atoms with Crippen LogP contribution in [0.25, 0.3) is 33.4 Å². The largest absolute Gasteiger partial charge is 0.310 e. The lowest BCUT2D eigenvalue weighted by molar-refractivity contribution is 0.563. The van der Waals surface area contributed by atoms with Gasteiger partial charge in [0.2, 0.25) is 0 Å². The highest BCUT2D eigenvalue weighted by molar-refractivity contribution is 5.98. The van der Waals surface area contributed by atoms with Gasteiger partial charge in [0.05, 0.1) is 11.1 Å². The molecule has 53 heavy (non-hydrogen) atoms. The van der Waals surface area contributed by atoms with Gasteiger partial charge in [0, 0.05) is 22.4 Å². The number of anilines is 3. The first-order valence-corrected chi connectivity index (χ1v) is 18.6. The van der Waals surface area contributed by atoms with E-state index < -0.39 is 5.41 Å². The van der Waals surface area contributed by atoms with Crippen molar-refractivity contribution in [3.05, 3.63) is 234 Å². The average Bonchev–Trinajstić information content (AvgIpc) is 3.53. The molecule has 0 saturated heterocycles. The minimum atomic E-state index is -0.459. The Bertz CT molecular complexity index is 2580. The zero-order valence-electron chi connectivity index (χ0n) is 30.0. The maximum absolute atomic E-state index is 2.47. The van der Waals surface area contributed by atoms with Crippen molar-refractivity contribution in [3.63, 3.8) is 0 Å². The minimum Gasteiger partial charge on any atom is -0.310 e. The third-order valence-electron chi connectivity index (χ3n) is 11.7. The van der Waals surface area contributed by atoms with Crippen LogP contribution in [-0.4, -0.2) is 0 Å². The van der Waals surface area contributed by atoms with Crippen LogP contribution >= 0.6 is 0 Å². The Morgan fingerprint density at radius 3 is 1.45 bits per heavy atom. The first-order valence-electron chi connectivity index (χ1n) is 18.6. The van der Waals surface area contributed by atoms with Gasteiger partial charge < -0.3 is 4.90 Å². The molecule has 10 rings (SSSR count). The van der Waals surface area contributed by atoms with E-state index in [4.69, 9.17) is 0 Å². The SMILES string of the molecule is CC1(C)c2ccccc2C2(c3ccccc3-c3c(N(c4ccc(-c5ccccc5)cc4)c4cccc(-c5ccccc5)c4)cccc32)c2ccccc21. The van der Waals surface area contributed by atoms with E-state index in [9.17, 15) is 0 Å². The predicted octanol–water partition coefficient (Wildman–Crippen LogP) is 13.5. The average molecular weight is 678 g/mol. The fourth-order valence-electron chi connectivity index (χ4n) is 9.39. The highest BCUT2D eigenvalue weighted by atomic mass is 15.1. The van der Waals surface area contributed by atoms with Crippen LogP contribution in [0.15, 0.2) is 200 Å². The molecule has 0 aliphatic heterocycles. The van der Waals surface area contributed by atoms with Crippen molar-refractivity contribution in [1.29, 1.82) is 0 Å². The van der Waals surface area contributed by atoms with E-state index in [1.165, 1.54) is 72.4 Å². The Labute approximate surface area is 312 Å². The molecule has 0 fully saturated rings. The molecule has 0 amide bonds. The van der Waals surface area contributed by atoms with Gasteiger partial charge in [-0.15, -0.1) is 0 Å². The minimum absolute atomic E-state index is 0.141. The maximum Gasteiger partial charge on any atom is 0.0720 e. The predicted molar refractivity (Wildman–Crippen MR) is 221 cm³/mol. The molecule has 8 aromatic rings. The zero-order valence-corrected chi connectivity index (χ0v) is 30.0. The third kappa shape index (κ3) is 4.64. The monoisotopic (exact) mass is 677 g/mol. The highest BCUT2D eigenvalue weighted by Crippen LogP contribution is 2.64. The maximum atomic E-state index is 2.47. The lowest BCUT2D eigenvalue weighted by Crippen LogP contribution is -2.40. The number of hydrogen-bond donors (Lipinski definition) is 0. The Morgan fingerprint density at radius 1 is 0.340 bits per heavy atom. The van der Waals surface area contributed by atoms with Crippen LogP contribution in [0.2, 0.25) is 0 Å². The summed E-state index contributed by atoms with van der Waals surface area (Å²) in [6.45, 7) is 4.77. The molecule has 1 spiro atoms. The van der Waals surface area contributed by atoms with E-state index in [0.717, 1.165) is 11.4 Å². The van der Waals surface area contributed by atoms with Gasteiger partial charge in [-0.25, -0.2) is 0 Å². The molecule has 0 unspecified atom stereocenters. The second kappa shape index (κ2) is 12.1. The molecule has 2 aliphatic carbocycles. The molecular weight excluding hydrogens is 639 g/mol. The van der Waals surface area contributed by atoms with Crippen molar-refractivity contribution in [3.8, 4) is 33.4 Å². The lowest BCUT2D eigenvalue weighted by Gasteiger charge is -2.46. The number of fused-ring (bicyclic) bond motifs is 9. The van der Waals surface area contributed by atoms with E-state index in [-0.39, 0.29) is 5.41 Å². The Morgan fingerprint density at radius 2 is 0.811 bits per heavy atom. The molecular formula is C52H39N. The Kier molecular flexibility index (Phi) is 7.13. The summed E-state index contributed by atoms with van der Waals surface area (Å²) in [6.07, 6.45) is 0. The van der Waals surface area contributed by atoms with Crippen molar-refractivity contribution in [2.24, 2.45) is 0 Å². The fourth-order valence-corrected chi connectivity index (χ4v) is 9.39. The van der Waals surface area contributed by atoms with Crippen LogP contribution < -0.4 is 4.90 Å². The number of rotatable bonds is 5. The zero-order chi connectivity index (χ0) is 35.6. The smallest absolute Gasteiger partial charge is 0.0720 e. The number of nitrogens with zero attached hydrogens (tertiary/aromatic N) is 1. The summed E-state index contributed by atoms with van der Waals surface area (Å²) in [7, 11) is 0. The summed E-state index contributed by atoms with van der Waals surface area (Å²) < 4.78 is 0. The summed E-state index contributed by atoms with van der Waals surface area (Å²) in [5, 5.41) is 0. The van der Waals surface area contributed by atoms with Gasteiger partial charge in [-0.3, -0.25) is 0 Å². The van der Waals surface area contributed by atoms with Crippen molar-refractivity contribution < 1.29 is 0 Å². The first-order chi connectivity index (χ1) is 26.1. The summed E-state index contributed by atoms with van der Waals surface area (Å²) >= 11 is 0. The van der Waals surface area contributed by atoms with Gasteiger partial charge in [-0.2, -0.15) is 0 Å². The van der Waals surface area contributed by atoms with Gasteiger partial charge in [0.15, 0.2) is 0 Å². The highest BCUT2D eigenvalue weighted by Gasteiger charge is 2.53. The number of benzene rings is 8. The topological polar surface area (TPSA) is 3.24 Å². The van der Waals surface area contributed by atoms with Crippen molar-refractivity contribution in [2.75, 3.05) is 4.90 Å². The van der Waals surface area contributed by atoms with Gasteiger partial charge in [0.25, 0.3) is 0 Å². The van der Waals surface area contributed by atoms with Crippen LogP contribution in [0, 0.1) is 0 Å². The van der Waals surface area contributed by atoms with E-state index in [2.05, 4.69) is 219 Å². The second-order valence-electron chi connectivity index (χ2n) is 14.9. The van der Waals surface area contributed by atoms with Crippen molar-refractivity contribution >= 4 is 17.1 Å². The van der Waals surface area contributed by atoms with Crippen LogP contribution in [0.1, 0.15) is 47.2 Å². The Balaban J connectivity index is 1.26. The molecule has 0 aromatic heterocycles. The summed E-state index contributed by atoms with van der Waals surface area (Å²) in [4.78, 5) is 2.47. The van der Waals surface area contributed by atoms with E-state index >= 15 is 0 Å². The molecule has 0 saturated carbocycles. The molecule has 1 heteroatoms. The van der Waals surface area contributed by atoms with Crippen LogP contribution in [0.4, 0.5) is 17.1 Å². The van der Waals surface area contributed by atoms with Gasteiger partial charge >= 0.3 is 0 Å². The molecule has 0 N–H and O–H groups in total. The van der Waals surface area contributed by atoms with Gasteiger partial charge in [-0.1, -0.05) is 184 Å². The third-order valence-corrected chi connectivity index (χ3v) is 11.7. The normalized spacial score (nSPS) is 14.2. The quantitative estimate of drug-likeness (QED) is 0.175. The molecule has 0 bridgehead atoms. The summed E-state index contributed by atoms with van der Waals surface area (Å²) in [5.74, 6) is 0. The fraction of sp³-hybridized carbons (Fsp3) is 0.0769. The van der Waals surface area contributed by atoms with Crippen molar-refractivity contribution in [1.82, 2.24) is 0 Å². The molecule has 2 aliphatic rings. The van der Waals surface area contributed by atoms with E-state index in [1.54, 1.807) is 0 Å². The molecule has 0 radical (unpaired) electrons.